The summed E-state index contributed by atoms with van der Waals surface area (Å²) < 4.78 is 0. The molecule has 0 saturated carbocycles. The largest absolute Gasteiger partial charge is 0.354 e. The Labute approximate surface area is 140 Å². The van der Waals surface area contributed by atoms with Gasteiger partial charge in [0.1, 0.15) is 0 Å². The Kier molecular flexibility index (Phi) is 4.01. The Balaban J connectivity index is 1.41. The van der Waals surface area contributed by atoms with Crippen LogP contribution in [0.4, 0.5) is 0 Å². The van der Waals surface area contributed by atoms with Crippen molar-refractivity contribution in [3.63, 3.8) is 0 Å². The number of hydrogen-bond acceptors (Lipinski definition) is 3. The number of fused-ring (bicyclic) bond motifs is 2. The molecule has 3 aromatic rings. The molecule has 1 aliphatic rings. The molecular formula is C19H20N4O. The van der Waals surface area contributed by atoms with Crippen molar-refractivity contribution < 1.29 is 4.79 Å². The minimum atomic E-state index is 0.00857. The molecule has 1 aliphatic heterocycles. The molecule has 0 fully saturated rings. The number of amides is 1. The second kappa shape index (κ2) is 6.45. The Morgan fingerprint density at radius 3 is 2.96 bits per heavy atom. The lowest BCUT2D eigenvalue weighted by molar-refractivity contribution is -0.120. The summed E-state index contributed by atoms with van der Waals surface area (Å²) >= 11 is 0. The van der Waals surface area contributed by atoms with Gasteiger partial charge in [-0.1, -0.05) is 42.5 Å². The molecule has 3 N–H and O–H groups in total. The highest BCUT2D eigenvalue weighted by Crippen LogP contribution is 2.22. The maximum absolute atomic E-state index is 12.3. The van der Waals surface area contributed by atoms with E-state index in [1.54, 1.807) is 0 Å². The molecule has 1 amide bonds. The van der Waals surface area contributed by atoms with E-state index >= 15 is 0 Å². The van der Waals surface area contributed by atoms with Crippen molar-refractivity contribution in [3.8, 4) is 0 Å². The molecule has 122 valence electrons. The average Bonchev–Trinajstić information content (AvgIpc) is 3.03. The summed E-state index contributed by atoms with van der Waals surface area (Å²) in [6.45, 7) is 1.55. The molecule has 4 rings (SSSR count). The summed E-state index contributed by atoms with van der Waals surface area (Å²) in [6.07, 6.45) is 1.36. The number of aromatic nitrogens is 2. The molecule has 24 heavy (non-hydrogen) atoms. The van der Waals surface area contributed by atoms with Gasteiger partial charge in [-0.2, -0.15) is 5.10 Å². The van der Waals surface area contributed by atoms with Crippen LogP contribution in [0.15, 0.2) is 48.5 Å². The minimum absolute atomic E-state index is 0.00857. The van der Waals surface area contributed by atoms with E-state index in [9.17, 15) is 4.79 Å². The number of hydrogen-bond donors (Lipinski definition) is 3. The second-order valence-electron chi connectivity index (χ2n) is 6.16. The van der Waals surface area contributed by atoms with Gasteiger partial charge in [-0.25, -0.2) is 0 Å². The molecule has 2 aromatic carbocycles. The van der Waals surface area contributed by atoms with E-state index in [1.165, 1.54) is 11.1 Å². The predicted octanol–water partition coefficient (Wildman–Crippen LogP) is 2.11. The van der Waals surface area contributed by atoms with Gasteiger partial charge in [0.2, 0.25) is 5.91 Å². The molecule has 5 heteroatoms. The summed E-state index contributed by atoms with van der Waals surface area (Å²) in [5.74, 6) is 0.00857. The number of rotatable bonds is 4. The van der Waals surface area contributed by atoms with Crippen molar-refractivity contribution >= 4 is 16.8 Å². The molecular weight excluding hydrogens is 300 g/mol. The second-order valence-corrected chi connectivity index (χ2v) is 6.16. The smallest absolute Gasteiger partial charge is 0.226 e. The molecule has 1 atom stereocenters. The van der Waals surface area contributed by atoms with Crippen molar-refractivity contribution in [1.82, 2.24) is 20.8 Å². The maximum Gasteiger partial charge on any atom is 0.226 e. The number of para-hydroxylation sites is 1. The fourth-order valence-corrected chi connectivity index (χ4v) is 3.36. The van der Waals surface area contributed by atoms with Crippen LogP contribution >= 0.6 is 0 Å². The number of benzene rings is 2. The topological polar surface area (TPSA) is 69.8 Å². The van der Waals surface area contributed by atoms with Gasteiger partial charge in [-0.3, -0.25) is 9.89 Å². The standard InChI is InChI=1S/C19H20N4O/c24-19(11-17-15-7-3-4-8-16(15)22-23-17)21-12-18-14-6-2-1-5-13(14)9-10-20-18/h1-8,18,20H,9-12H2,(H,21,24)(H,22,23). The molecule has 0 bridgehead atoms. The van der Waals surface area contributed by atoms with Gasteiger partial charge in [0.05, 0.1) is 17.6 Å². The van der Waals surface area contributed by atoms with Crippen LogP contribution in [0.5, 0.6) is 0 Å². The number of carbonyl (C=O) groups is 1. The van der Waals surface area contributed by atoms with Crippen molar-refractivity contribution in [2.24, 2.45) is 0 Å². The van der Waals surface area contributed by atoms with Gasteiger partial charge in [-0.05, 0) is 30.2 Å². The summed E-state index contributed by atoms with van der Waals surface area (Å²) in [7, 11) is 0. The molecule has 0 saturated heterocycles. The highest BCUT2D eigenvalue weighted by molar-refractivity contribution is 5.87. The Hall–Kier alpha value is -2.66. The quantitative estimate of drug-likeness (QED) is 0.689. The van der Waals surface area contributed by atoms with Crippen LogP contribution in [0.1, 0.15) is 22.9 Å². The predicted molar refractivity (Wildman–Crippen MR) is 93.7 cm³/mol. The molecule has 0 radical (unpaired) electrons. The van der Waals surface area contributed by atoms with Gasteiger partial charge in [0, 0.05) is 18.0 Å². The zero-order valence-corrected chi connectivity index (χ0v) is 13.4. The van der Waals surface area contributed by atoms with Gasteiger partial charge >= 0.3 is 0 Å². The van der Waals surface area contributed by atoms with E-state index in [0.717, 1.165) is 29.6 Å². The summed E-state index contributed by atoms with van der Waals surface area (Å²) in [4.78, 5) is 12.3. The number of H-pyrrole nitrogens is 1. The van der Waals surface area contributed by atoms with Crippen LogP contribution in [0, 0.1) is 0 Å². The Morgan fingerprint density at radius 1 is 1.17 bits per heavy atom. The highest BCUT2D eigenvalue weighted by atomic mass is 16.1. The van der Waals surface area contributed by atoms with Gasteiger partial charge in [-0.15, -0.1) is 0 Å². The summed E-state index contributed by atoms with van der Waals surface area (Å²) in [5, 5.41) is 14.7. The summed E-state index contributed by atoms with van der Waals surface area (Å²) in [6, 6.07) is 16.4. The van der Waals surface area contributed by atoms with Gasteiger partial charge < -0.3 is 10.6 Å². The normalized spacial score (nSPS) is 16.8. The number of aromatic amines is 1. The van der Waals surface area contributed by atoms with Gasteiger partial charge in [0.25, 0.3) is 0 Å². The highest BCUT2D eigenvalue weighted by Gasteiger charge is 2.19. The molecule has 1 unspecified atom stereocenters. The fourth-order valence-electron chi connectivity index (χ4n) is 3.36. The number of nitrogens with one attached hydrogen (secondary N) is 3. The zero-order valence-electron chi connectivity index (χ0n) is 13.4. The van der Waals surface area contributed by atoms with Crippen LogP contribution in [-0.4, -0.2) is 29.2 Å². The first kappa shape index (κ1) is 14.9. The first-order valence-electron chi connectivity index (χ1n) is 8.31. The van der Waals surface area contributed by atoms with E-state index < -0.39 is 0 Å². The fraction of sp³-hybridized carbons (Fsp3) is 0.263. The molecule has 0 aliphatic carbocycles. The third kappa shape index (κ3) is 2.90. The zero-order chi connectivity index (χ0) is 16.4. The Bertz CT molecular complexity index is 870. The van der Waals surface area contributed by atoms with Crippen LogP contribution in [0.2, 0.25) is 0 Å². The van der Waals surface area contributed by atoms with Crippen LogP contribution in [-0.2, 0) is 17.6 Å². The van der Waals surface area contributed by atoms with Crippen molar-refractivity contribution in [2.75, 3.05) is 13.1 Å². The SMILES string of the molecule is O=C(Cc1[nH]nc2ccccc12)NCC1NCCc2ccccc21. The summed E-state index contributed by atoms with van der Waals surface area (Å²) in [5.41, 5.74) is 4.41. The minimum Gasteiger partial charge on any atom is -0.354 e. The van der Waals surface area contributed by atoms with E-state index in [1.807, 2.05) is 24.3 Å². The van der Waals surface area contributed by atoms with Crippen molar-refractivity contribution in [3.05, 3.63) is 65.4 Å². The lowest BCUT2D eigenvalue weighted by Crippen LogP contribution is -2.39. The number of nitrogens with zero attached hydrogens (tertiary/aromatic N) is 1. The third-order valence-electron chi connectivity index (χ3n) is 4.60. The monoisotopic (exact) mass is 320 g/mol. The molecule has 2 heterocycles. The number of carbonyl (C=O) groups excluding carboxylic acids is 1. The van der Waals surface area contributed by atoms with Crippen LogP contribution < -0.4 is 10.6 Å². The molecule has 1 aromatic heterocycles. The average molecular weight is 320 g/mol. The van der Waals surface area contributed by atoms with Crippen molar-refractivity contribution in [2.45, 2.75) is 18.9 Å². The maximum atomic E-state index is 12.3. The lowest BCUT2D eigenvalue weighted by atomic mass is 9.94. The molecule has 5 nitrogen and oxygen atoms in total. The van der Waals surface area contributed by atoms with Crippen molar-refractivity contribution in [1.29, 1.82) is 0 Å². The van der Waals surface area contributed by atoms with E-state index in [4.69, 9.17) is 0 Å². The van der Waals surface area contributed by atoms with Gasteiger partial charge in [0.15, 0.2) is 0 Å². The van der Waals surface area contributed by atoms with E-state index in [0.29, 0.717) is 13.0 Å². The van der Waals surface area contributed by atoms with E-state index in [2.05, 4.69) is 45.1 Å². The van der Waals surface area contributed by atoms with Crippen LogP contribution in [0.3, 0.4) is 0 Å². The van der Waals surface area contributed by atoms with Crippen LogP contribution in [0.25, 0.3) is 10.9 Å². The van der Waals surface area contributed by atoms with E-state index in [-0.39, 0.29) is 11.9 Å². The lowest BCUT2D eigenvalue weighted by Gasteiger charge is -2.27. The third-order valence-corrected chi connectivity index (χ3v) is 4.60. The first-order valence-corrected chi connectivity index (χ1v) is 8.31. The first-order chi connectivity index (χ1) is 11.8. The molecule has 0 spiro atoms. The Morgan fingerprint density at radius 2 is 2.00 bits per heavy atom.